The topological polar surface area (TPSA) is 123 Å². The number of aryl methyl sites for hydroxylation is 1. The van der Waals surface area contributed by atoms with Crippen LogP contribution < -0.4 is 24.8 Å². The van der Waals surface area contributed by atoms with Gasteiger partial charge >= 0.3 is 0 Å². The van der Waals surface area contributed by atoms with Crippen LogP contribution in [-0.2, 0) is 14.4 Å². The van der Waals surface area contributed by atoms with Crippen molar-refractivity contribution in [3.05, 3.63) is 82.8 Å². The van der Waals surface area contributed by atoms with E-state index in [1.807, 2.05) is 25.1 Å². The fourth-order valence-electron chi connectivity index (χ4n) is 3.80. The van der Waals surface area contributed by atoms with Crippen LogP contribution in [0.3, 0.4) is 0 Å². The van der Waals surface area contributed by atoms with Crippen LogP contribution in [0.2, 0.25) is 0 Å². The Labute approximate surface area is 235 Å². The largest absolute Gasteiger partial charge is 0.495 e. The highest BCUT2D eigenvalue weighted by Crippen LogP contribution is 2.34. The van der Waals surface area contributed by atoms with E-state index < -0.39 is 23.6 Å². The third kappa shape index (κ3) is 6.80. The van der Waals surface area contributed by atoms with E-state index in [0.29, 0.717) is 34.2 Å². The summed E-state index contributed by atoms with van der Waals surface area (Å²) in [6, 6.07) is 19.1. The molecule has 2 N–H and O–H groups in total. The molecule has 0 saturated carbocycles. The first-order valence-corrected chi connectivity index (χ1v) is 12.9. The minimum Gasteiger partial charge on any atom is -0.495 e. The zero-order valence-electron chi connectivity index (χ0n) is 22.1. The highest BCUT2D eigenvalue weighted by Gasteiger charge is 2.36. The van der Waals surface area contributed by atoms with Crippen LogP contribution in [0, 0.1) is 6.92 Å². The number of imide groups is 1. The molecule has 0 aliphatic carbocycles. The number of hydrogen-bond acceptors (Lipinski definition) is 8. The van der Waals surface area contributed by atoms with Crippen molar-refractivity contribution in [2.45, 2.75) is 6.92 Å². The Kier molecular flexibility index (Phi) is 9.07. The molecule has 1 saturated heterocycles. The number of nitrogens with zero attached hydrogens (tertiary/aromatic N) is 1. The molecule has 206 valence electrons. The second-order valence-corrected chi connectivity index (χ2v) is 9.57. The van der Waals surface area contributed by atoms with Crippen molar-refractivity contribution in [2.24, 2.45) is 0 Å². The lowest BCUT2D eigenvalue weighted by Crippen LogP contribution is -2.36. The monoisotopic (exact) mass is 561 g/mol. The van der Waals surface area contributed by atoms with Gasteiger partial charge in [-0.1, -0.05) is 36.4 Å². The van der Waals surface area contributed by atoms with E-state index in [1.165, 1.54) is 20.3 Å². The van der Waals surface area contributed by atoms with Crippen molar-refractivity contribution in [1.82, 2.24) is 4.90 Å². The molecule has 0 spiro atoms. The zero-order chi connectivity index (χ0) is 28.6. The number of amides is 4. The molecule has 1 heterocycles. The quantitative estimate of drug-likeness (QED) is 0.342. The number of rotatable bonds is 10. The summed E-state index contributed by atoms with van der Waals surface area (Å²) in [5.74, 6) is -0.324. The summed E-state index contributed by atoms with van der Waals surface area (Å²) in [6.45, 7) is 1.21. The van der Waals surface area contributed by atoms with Crippen molar-refractivity contribution in [3.63, 3.8) is 0 Å². The first-order valence-electron chi connectivity index (χ1n) is 12.1. The van der Waals surface area contributed by atoms with Gasteiger partial charge in [-0.3, -0.25) is 24.1 Å². The fraction of sp³-hybridized carbons (Fsp3) is 0.172. The summed E-state index contributed by atoms with van der Waals surface area (Å²) in [4.78, 5) is 51.4. The van der Waals surface area contributed by atoms with E-state index >= 15 is 0 Å². The number of carbonyl (C=O) groups excluding carboxylic acids is 4. The summed E-state index contributed by atoms with van der Waals surface area (Å²) in [7, 11) is 2.93. The van der Waals surface area contributed by atoms with E-state index in [9.17, 15) is 19.2 Å². The molecule has 3 aromatic rings. The number of ether oxygens (including phenoxy) is 3. The van der Waals surface area contributed by atoms with Gasteiger partial charge in [0.25, 0.3) is 17.1 Å². The molecule has 40 heavy (non-hydrogen) atoms. The van der Waals surface area contributed by atoms with Crippen molar-refractivity contribution < 1.29 is 33.4 Å². The maximum Gasteiger partial charge on any atom is 0.294 e. The first kappa shape index (κ1) is 28.2. The summed E-state index contributed by atoms with van der Waals surface area (Å²) in [5, 5.41) is 4.89. The Balaban J connectivity index is 1.39. The van der Waals surface area contributed by atoms with E-state index in [-0.39, 0.29) is 17.4 Å². The molecule has 0 radical (unpaired) electrons. The number of nitrogens with one attached hydrogen (secondary N) is 2. The Morgan fingerprint density at radius 3 is 2.25 bits per heavy atom. The van der Waals surface area contributed by atoms with Crippen LogP contribution in [0.25, 0.3) is 6.08 Å². The van der Waals surface area contributed by atoms with Gasteiger partial charge in [0.05, 0.1) is 24.8 Å². The number of hydrogen-bond donors (Lipinski definition) is 2. The highest BCUT2D eigenvalue weighted by molar-refractivity contribution is 8.18. The maximum atomic E-state index is 12.9. The Bertz CT molecular complexity index is 1490. The molecule has 1 aliphatic heterocycles. The van der Waals surface area contributed by atoms with Gasteiger partial charge in [-0.25, -0.2) is 0 Å². The average molecular weight is 562 g/mol. The molecule has 0 atom stereocenters. The zero-order valence-corrected chi connectivity index (χ0v) is 22.9. The standard InChI is InChI=1S/C29H27N3O7S/c1-18-8-4-5-9-20(18)30-27(34)17-39-23-13-12-19(14-24(23)38-3)15-25-28(35)32(29(36)40-25)16-26(33)31-21-10-6-7-11-22(21)37-2/h4-15H,16-17H2,1-3H3,(H,30,34)(H,31,33)/b25-15-. The lowest BCUT2D eigenvalue weighted by molar-refractivity contribution is -0.127. The van der Waals surface area contributed by atoms with Crippen molar-refractivity contribution in [1.29, 1.82) is 0 Å². The minimum atomic E-state index is -0.586. The summed E-state index contributed by atoms with van der Waals surface area (Å²) in [5.41, 5.74) is 2.63. The van der Waals surface area contributed by atoms with Crippen LogP contribution in [-0.4, -0.2) is 55.2 Å². The molecule has 10 nitrogen and oxygen atoms in total. The number of para-hydroxylation sites is 3. The maximum absolute atomic E-state index is 12.9. The van der Waals surface area contributed by atoms with Gasteiger partial charge in [0.1, 0.15) is 12.3 Å². The third-order valence-electron chi connectivity index (χ3n) is 5.82. The van der Waals surface area contributed by atoms with Gasteiger partial charge < -0.3 is 24.8 Å². The molecule has 1 aliphatic rings. The van der Waals surface area contributed by atoms with Crippen LogP contribution in [0.1, 0.15) is 11.1 Å². The Morgan fingerprint density at radius 2 is 1.52 bits per heavy atom. The number of thioether (sulfide) groups is 1. The van der Waals surface area contributed by atoms with Crippen molar-refractivity contribution >= 4 is 52.2 Å². The number of methoxy groups -OCH3 is 2. The predicted molar refractivity (Wildman–Crippen MR) is 153 cm³/mol. The number of anilines is 2. The molecular weight excluding hydrogens is 534 g/mol. The van der Waals surface area contributed by atoms with Crippen LogP contribution in [0.15, 0.2) is 71.6 Å². The van der Waals surface area contributed by atoms with Crippen molar-refractivity contribution in [2.75, 3.05) is 38.0 Å². The molecule has 11 heteroatoms. The van der Waals surface area contributed by atoms with Crippen molar-refractivity contribution in [3.8, 4) is 17.2 Å². The van der Waals surface area contributed by atoms with Gasteiger partial charge in [-0.15, -0.1) is 0 Å². The number of carbonyl (C=O) groups is 4. The lowest BCUT2D eigenvalue weighted by Gasteiger charge is -2.14. The molecule has 4 amide bonds. The molecule has 0 aromatic heterocycles. The predicted octanol–water partition coefficient (Wildman–Crippen LogP) is 4.70. The molecule has 0 unspecified atom stereocenters. The van der Waals surface area contributed by atoms with E-state index in [1.54, 1.807) is 48.5 Å². The van der Waals surface area contributed by atoms with E-state index in [2.05, 4.69) is 10.6 Å². The number of benzene rings is 3. The third-order valence-corrected chi connectivity index (χ3v) is 6.73. The molecule has 3 aromatic carbocycles. The highest BCUT2D eigenvalue weighted by atomic mass is 32.2. The lowest BCUT2D eigenvalue weighted by atomic mass is 10.2. The first-order chi connectivity index (χ1) is 19.3. The summed E-state index contributed by atoms with van der Waals surface area (Å²) < 4.78 is 16.3. The second-order valence-electron chi connectivity index (χ2n) is 8.58. The molecule has 1 fully saturated rings. The SMILES string of the molecule is COc1ccccc1NC(=O)CN1C(=O)S/C(=C\c2ccc(OCC(=O)Nc3ccccc3C)c(OC)c2)C1=O. The van der Waals surface area contributed by atoms with E-state index in [0.717, 1.165) is 22.2 Å². The smallest absolute Gasteiger partial charge is 0.294 e. The van der Waals surface area contributed by atoms with Gasteiger partial charge in [-0.2, -0.15) is 0 Å². The minimum absolute atomic E-state index is 0.156. The van der Waals surface area contributed by atoms with Gasteiger partial charge in [0, 0.05) is 5.69 Å². The normalized spacial score (nSPS) is 13.8. The Hall–Kier alpha value is -4.77. The fourth-order valence-corrected chi connectivity index (χ4v) is 4.64. The Morgan fingerprint density at radius 1 is 0.850 bits per heavy atom. The second kappa shape index (κ2) is 12.9. The molecule has 0 bridgehead atoms. The van der Waals surface area contributed by atoms with Gasteiger partial charge in [-0.05, 0) is 66.2 Å². The van der Waals surface area contributed by atoms with E-state index in [4.69, 9.17) is 14.2 Å². The van der Waals surface area contributed by atoms with Gasteiger partial charge in [0.15, 0.2) is 18.1 Å². The molecule has 4 rings (SSSR count). The van der Waals surface area contributed by atoms with Crippen LogP contribution in [0.5, 0.6) is 17.2 Å². The van der Waals surface area contributed by atoms with Gasteiger partial charge in [0.2, 0.25) is 5.91 Å². The van der Waals surface area contributed by atoms with Crippen LogP contribution >= 0.6 is 11.8 Å². The average Bonchev–Trinajstić information content (AvgIpc) is 3.20. The summed E-state index contributed by atoms with van der Waals surface area (Å²) >= 11 is 0.735. The summed E-state index contributed by atoms with van der Waals surface area (Å²) in [6.07, 6.45) is 1.53. The molecular formula is C29H27N3O7S. The van der Waals surface area contributed by atoms with Crippen LogP contribution in [0.4, 0.5) is 16.2 Å².